The fourth-order valence-electron chi connectivity index (χ4n) is 2.34. The Morgan fingerprint density at radius 2 is 1.88 bits per heavy atom. The number of hydrogen-bond donors (Lipinski definition) is 3. The molecule has 7 nitrogen and oxygen atoms in total. The molecule has 0 bridgehead atoms. The second kappa shape index (κ2) is 7.43. The number of amides is 1. The first kappa shape index (κ1) is 17.1. The zero-order valence-corrected chi connectivity index (χ0v) is 13.9. The van der Waals surface area contributed by atoms with Gasteiger partial charge in [0, 0.05) is 11.1 Å². The number of aryl methyl sites for hydroxylation is 1. The van der Waals surface area contributed by atoms with E-state index in [1.54, 1.807) is 24.3 Å². The number of carbonyl (C=O) groups is 2. The number of hydrogen-bond acceptors (Lipinski definition) is 4. The number of aromatic nitrogens is 2. The van der Waals surface area contributed by atoms with Crippen LogP contribution < -0.4 is 5.43 Å². The van der Waals surface area contributed by atoms with E-state index in [1.165, 1.54) is 12.3 Å². The molecule has 1 amide bonds. The molecule has 0 spiro atoms. The van der Waals surface area contributed by atoms with Gasteiger partial charge in [-0.3, -0.25) is 9.89 Å². The molecular weight excluding hydrogens is 332 g/mol. The molecule has 3 N–H and O–H groups in total. The van der Waals surface area contributed by atoms with E-state index >= 15 is 0 Å². The SMILES string of the molecule is Cc1ccc(-c2cc(C(=O)NN=Cc3ccccc3C(=O)O)[nH]n2)cc1. The lowest BCUT2D eigenvalue weighted by atomic mass is 10.1. The van der Waals surface area contributed by atoms with Gasteiger partial charge in [0.25, 0.3) is 5.91 Å². The highest BCUT2D eigenvalue weighted by Gasteiger charge is 2.11. The van der Waals surface area contributed by atoms with Crippen molar-refractivity contribution in [2.24, 2.45) is 5.10 Å². The van der Waals surface area contributed by atoms with Crippen molar-refractivity contribution in [3.05, 3.63) is 77.0 Å². The van der Waals surface area contributed by atoms with Crippen LogP contribution in [0.3, 0.4) is 0 Å². The van der Waals surface area contributed by atoms with E-state index in [2.05, 4.69) is 20.7 Å². The van der Waals surface area contributed by atoms with Crippen LogP contribution in [0.1, 0.15) is 32.0 Å². The smallest absolute Gasteiger partial charge is 0.336 e. The Kier molecular flexibility index (Phi) is 4.89. The zero-order valence-electron chi connectivity index (χ0n) is 13.9. The third kappa shape index (κ3) is 3.84. The van der Waals surface area contributed by atoms with Crippen molar-refractivity contribution in [1.29, 1.82) is 0 Å². The lowest BCUT2D eigenvalue weighted by Crippen LogP contribution is -2.18. The molecule has 26 heavy (non-hydrogen) atoms. The van der Waals surface area contributed by atoms with Crippen LogP contribution in [0.15, 0.2) is 59.7 Å². The summed E-state index contributed by atoms with van der Waals surface area (Å²) in [6, 6.07) is 15.8. The van der Waals surface area contributed by atoms with Crippen molar-refractivity contribution in [3.8, 4) is 11.3 Å². The summed E-state index contributed by atoms with van der Waals surface area (Å²) in [4.78, 5) is 23.3. The lowest BCUT2D eigenvalue weighted by Gasteiger charge is -2.00. The highest BCUT2D eigenvalue weighted by Crippen LogP contribution is 2.18. The molecule has 0 radical (unpaired) electrons. The second-order valence-corrected chi connectivity index (χ2v) is 5.62. The first-order valence-corrected chi connectivity index (χ1v) is 7.83. The third-order valence-corrected chi connectivity index (χ3v) is 3.73. The topological polar surface area (TPSA) is 107 Å². The molecular formula is C19H16N4O3. The number of carboxylic acid groups (broad SMARTS) is 1. The molecule has 0 unspecified atom stereocenters. The first-order chi connectivity index (χ1) is 12.5. The summed E-state index contributed by atoms with van der Waals surface area (Å²) in [5, 5.41) is 19.7. The Hall–Kier alpha value is -3.74. The van der Waals surface area contributed by atoms with E-state index in [0.717, 1.165) is 11.1 Å². The van der Waals surface area contributed by atoms with Gasteiger partial charge in [-0.05, 0) is 19.1 Å². The highest BCUT2D eigenvalue weighted by atomic mass is 16.4. The molecule has 0 aliphatic carbocycles. The maximum Gasteiger partial charge on any atom is 0.336 e. The minimum atomic E-state index is -1.06. The monoisotopic (exact) mass is 348 g/mol. The third-order valence-electron chi connectivity index (χ3n) is 3.73. The predicted molar refractivity (Wildman–Crippen MR) is 97.2 cm³/mol. The van der Waals surface area contributed by atoms with E-state index in [9.17, 15) is 9.59 Å². The Labute approximate surface area is 149 Å². The van der Waals surface area contributed by atoms with Crippen LogP contribution in [0.2, 0.25) is 0 Å². The second-order valence-electron chi connectivity index (χ2n) is 5.62. The number of nitrogens with one attached hydrogen (secondary N) is 2. The van der Waals surface area contributed by atoms with Gasteiger partial charge in [0.05, 0.1) is 17.5 Å². The summed E-state index contributed by atoms with van der Waals surface area (Å²) in [5.41, 5.74) is 5.79. The van der Waals surface area contributed by atoms with Gasteiger partial charge in [-0.2, -0.15) is 10.2 Å². The minimum absolute atomic E-state index is 0.105. The van der Waals surface area contributed by atoms with Crippen LogP contribution in [0, 0.1) is 6.92 Å². The Morgan fingerprint density at radius 1 is 1.15 bits per heavy atom. The molecule has 1 aromatic heterocycles. The Balaban J connectivity index is 1.70. The fraction of sp³-hybridized carbons (Fsp3) is 0.0526. The van der Waals surface area contributed by atoms with E-state index in [0.29, 0.717) is 11.3 Å². The maximum absolute atomic E-state index is 12.1. The number of aromatic amines is 1. The van der Waals surface area contributed by atoms with Gasteiger partial charge >= 0.3 is 5.97 Å². The van der Waals surface area contributed by atoms with E-state index in [4.69, 9.17) is 5.11 Å². The fourth-order valence-corrected chi connectivity index (χ4v) is 2.34. The van der Waals surface area contributed by atoms with Gasteiger partial charge in [0.15, 0.2) is 0 Å². The minimum Gasteiger partial charge on any atom is -0.478 e. The Morgan fingerprint density at radius 3 is 2.62 bits per heavy atom. The van der Waals surface area contributed by atoms with Gasteiger partial charge in [-0.15, -0.1) is 0 Å². The van der Waals surface area contributed by atoms with Crippen LogP contribution in [-0.2, 0) is 0 Å². The van der Waals surface area contributed by atoms with Crippen LogP contribution in [0.4, 0.5) is 0 Å². The summed E-state index contributed by atoms with van der Waals surface area (Å²) >= 11 is 0. The molecule has 130 valence electrons. The maximum atomic E-state index is 12.1. The van der Waals surface area contributed by atoms with E-state index in [1.807, 2.05) is 31.2 Å². The number of H-pyrrole nitrogens is 1. The van der Waals surface area contributed by atoms with Crippen molar-refractivity contribution in [1.82, 2.24) is 15.6 Å². The van der Waals surface area contributed by atoms with Crippen molar-refractivity contribution in [2.45, 2.75) is 6.92 Å². The predicted octanol–water partition coefficient (Wildman–Crippen LogP) is 2.85. The lowest BCUT2D eigenvalue weighted by molar-refractivity contribution is 0.0696. The summed E-state index contributed by atoms with van der Waals surface area (Å²) in [7, 11) is 0. The average molecular weight is 348 g/mol. The molecule has 7 heteroatoms. The number of benzene rings is 2. The number of nitrogens with zero attached hydrogens (tertiary/aromatic N) is 2. The van der Waals surface area contributed by atoms with Crippen LogP contribution >= 0.6 is 0 Å². The largest absolute Gasteiger partial charge is 0.478 e. The number of rotatable bonds is 5. The molecule has 0 fully saturated rings. The van der Waals surface area contributed by atoms with Gasteiger partial charge in [-0.25, -0.2) is 10.2 Å². The van der Waals surface area contributed by atoms with Crippen LogP contribution in [-0.4, -0.2) is 33.4 Å². The molecule has 0 aliphatic rings. The summed E-state index contributed by atoms with van der Waals surface area (Å²) in [6.45, 7) is 1.99. The molecule has 0 atom stereocenters. The van der Waals surface area contributed by atoms with Crippen molar-refractivity contribution >= 4 is 18.1 Å². The van der Waals surface area contributed by atoms with E-state index < -0.39 is 11.9 Å². The molecule has 3 aromatic rings. The summed E-state index contributed by atoms with van der Waals surface area (Å²) in [5.74, 6) is -1.53. The van der Waals surface area contributed by atoms with E-state index in [-0.39, 0.29) is 11.3 Å². The zero-order chi connectivity index (χ0) is 18.5. The standard InChI is InChI=1S/C19H16N4O3/c1-12-6-8-13(9-7-12)16-10-17(22-21-16)18(24)23-20-11-14-4-2-3-5-15(14)19(25)26/h2-11H,1H3,(H,21,22)(H,23,24)(H,25,26). The summed E-state index contributed by atoms with van der Waals surface area (Å²) in [6.07, 6.45) is 1.29. The van der Waals surface area contributed by atoms with Crippen LogP contribution in [0.25, 0.3) is 11.3 Å². The number of carboxylic acids is 1. The summed E-state index contributed by atoms with van der Waals surface area (Å²) < 4.78 is 0. The van der Waals surface area contributed by atoms with Crippen molar-refractivity contribution < 1.29 is 14.7 Å². The van der Waals surface area contributed by atoms with Gasteiger partial charge in [0.1, 0.15) is 5.69 Å². The quantitative estimate of drug-likeness (QED) is 0.487. The molecule has 1 heterocycles. The van der Waals surface area contributed by atoms with Gasteiger partial charge in [0.2, 0.25) is 0 Å². The van der Waals surface area contributed by atoms with Gasteiger partial charge < -0.3 is 5.11 Å². The van der Waals surface area contributed by atoms with Crippen molar-refractivity contribution in [2.75, 3.05) is 0 Å². The van der Waals surface area contributed by atoms with Crippen molar-refractivity contribution in [3.63, 3.8) is 0 Å². The normalized spacial score (nSPS) is 10.8. The number of carbonyl (C=O) groups excluding carboxylic acids is 1. The molecule has 0 saturated heterocycles. The Bertz CT molecular complexity index is 974. The molecule has 0 aliphatic heterocycles. The molecule has 3 rings (SSSR count). The molecule has 0 saturated carbocycles. The number of hydrazone groups is 1. The van der Waals surface area contributed by atoms with Crippen LogP contribution in [0.5, 0.6) is 0 Å². The number of aromatic carboxylic acids is 1. The molecule has 2 aromatic carbocycles. The first-order valence-electron chi connectivity index (χ1n) is 7.83. The highest BCUT2D eigenvalue weighted by molar-refractivity contribution is 5.99. The average Bonchev–Trinajstić information content (AvgIpc) is 3.13. The van der Waals surface area contributed by atoms with Gasteiger partial charge in [-0.1, -0.05) is 48.0 Å².